The molecule has 5 nitrogen and oxygen atoms in total. The maximum absolute atomic E-state index is 12.0. The number of carbonyl (C=O) groups is 2. The molecule has 108 valence electrons. The molecule has 1 amide bonds. The zero-order chi connectivity index (χ0) is 14.7. The summed E-state index contributed by atoms with van der Waals surface area (Å²) in [4.78, 5) is 24.5. The highest BCUT2D eigenvalue weighted by atomic mass is 35.5. The molecule has 2 rings (SSSR count). The number of carboxylic acids is 1. The van der Waals surface area contributed by atoms with Gasteiger partial charge in [-0.2, -0.15) is 0 Å². The van der Waals surface area contributed by atoms with Crippen LogP contribution >= 0.6 is 11.6 Å². The lowest BCUT2D eigenvalue weighted by Gasteiger charge is -2.16. The van der Waals surface area contributed by atoms with Gasteiger partial charge in [0.25, 0.3) is 5.91 Å². The Morgan fingerprint density at radius 3 is 2.55 bits per heavy atom. The number of hydrogen-bond donors (Lipinski definition) is 1. The quantitative estimate of drug-likeness (QED) is 0.922. The van der Waals surface area contributed by atoms with Crippen LogP contribution < -0.4 is 4.74 Å². The van der Waals surface area contributed by atoms with Gasteiger partial charge in [-0.3, -0.25) is 9.59 Å². The molecule has 0 aromatic heterocycles. The second kappa shape index (κ2) is 6.13. The van der Waals surface area contributed by atoms with Crippen molar-refractivity contribution in [2.24, 2.45) is 11.8 Å². The molecule has 0 saturated carbocycles. The lowest BCUT2D eigenvalue weighted by molar-refractivity contribution is -0.142. The predicted molar refractivity (Wildman–Crippen MR) is 73.8 cm³/mol. The minimum absolute atomic E-state index is 0.0352. The van der Waals surface area contributed by atoms with Crippen molar-refractivity contribution in [3.05, 3.63) is 29.3 Å². The van der Waals surface area contributed by atoms with E-state index in [2.05, 4.69) is 0 Å². The highest BCUT2D eigenvalue weighted by Crippen LogP contribution is 2.23. The van der Waals surface area contributed by atoms with Gasteiger partial charge in [-0.05, 0) is 30.2 Å². The van der Waals surface area contributed by atoms with Gasteiger partial charge in [-0.25, -0.2) is 0 Å². The summed E-state index contributed by atoms with van der Waals surface area (Å²) >= 11 is 5.75. The number of rotatable bonds is 4. The Hall–Kier alpha value is -1.75. The highest BCUT2D eigenvalue weighted by molar-refractivity contribution is 6.30. The first-order valence-electron chi connectivity index (χ1n) is 6.36. The summed E-state index contributed by atoms with van der Waals surface area (Å²) in [6.07, 6.45) is 0. The van der Waals surface area contributed by atoms with E-state index in [1.807, 2.05) is 6.92 Å². The largest absolute Gasteiger partial charge is 0.484 e. The average molecular weight is 298 g/mol. The van der Waals surface area contributed by atoms with Crippen LogP contribution in [0.25, 0.3) is 0 Å². The Bertz CT molecular complexity index is 502. The summed E-state index contributed by atoms with van der Waals surface area (Å²) in [5, 5.41) is 9.63. The minimum atomic E-state index is -0.855. The molecule has 20 heavy (non-hydrogen) atoms. The topological polar surface area (TPSA) is 66.8 Å². The van der Waals surface area contributed by atoms with E-state index in [0.717, 1.165) is 0 Å². The van der Waals surface area contributed by atoms with Gasteiger partial charge < -0.3 is 14.7 Å². The van der Waals surface area contributed by atoms with Crippen LogP contribution in [-0.2, 0) is 9.59 Å². The summed E-state index contributed by atoms with van der Waals surface area (Å²) in [6.45, 7) is 2.45. The smallest absolute Gasteiger partial charge is 0.308 e. The number of hydrogen-bond acceptors (Lipinski definition) is 3. The van der Waals surface area contributed by atoms with Gasteiger partial charge in [0, 0.05) is 18.1 Å². The maximum Gasteiger partial charge on any atom is 0.308 e. The minimum Gasteiger partial charge on any atom is -0.484 e. The van der Waals surface area contributed by atoms with Crippen molar-refractivity contribution < 1.29 is 19.4 Å². The zero-order valence-corrected chi connectivity index (χ0v) is 11.8. The number of carboxylic acid groups (broad SMARTS) is 1. The molecular formula is C14H16ClNO4. The fourth-order valence-corrected chi connectivity index (χ4v) is 2.39. The van der Waals surface area contributed by atoms with Crippen LogP contribution in [0.15, 0.2) is 24.3 Å². The maximum atomic E-state index is 12.0. The van der Waals surface area contributed by atoms with Crippen LogP contribution in [-0.4, -0.2) is 41.6 Å². The molecule has 1 aliphatic rings. The monoisotopic (exact) mass is 297 g/mol. The van der Waals surface area contributed by atoms with E-state index in [1.54, 1.807) is 29.2 Å². The molecule has 1 heterocycles. The van der Waals surface area contributed by atoms with Gasteiger partial charge in [-0.15, -0.1) is 0 Å². The van der Waals surface area contributed by atoms with Gasteiger partial charge in [0.1, 0.15) is 5.75 Å². The average Bonchev–Trinajstić information content (AvgIpc) is 2.80. The molecule has 0 bridgehead atoms. The van der Waals surface area contributed by atoms with Gasteiger partial charge in [0.15, 0.2) is 6.61 Å². The molecule has 1 aromatic rings. The third-order valence-electron chi connectivity index (χ3n) is 3.46. The highest BCUT2D eigenvalue weighted by Gasteiger charge is 2.36. The van der Waals surface area contributed by atoms with Gasteiger partial charge in [0.2, 0.25) is 0 Å². The second-order valence-electron chi connectivity index (χ2n) is 4.96. The molecule has 1 aliphatic heterocycles. The molecule has 0 unspecified atom stereocenters. The van der Waals surface area contributed by atoms with Crippen LogP contribution in [0.4, 0.5) is 0 Å². The predicted octanol–water partition coefficient (Wildman–Crippen LogP) is 1.90. The van der Waals surface area contributed by atoms with Gasteiger partial charge >= 0.3 is 5.97 Å². The van der Waals surface area contributed by atoms with Gasteiger partial charge in [0.05, 0.1) is 5.92 Å². The molecular weight excluding hydrogens is 282 g/mol. The number of benzene rings is 1. The van der Waals surface area contributed by atoms with Crippen LogP contribution in [0.3, 0.4) is 0 Å². The summed E-state index contributed by atoms with van der Waals surface area (Å²) in [6, 6.07) is 6.73. The van der Waals surface area contributed by atoms with Crippen molar-refractivity contribution in [1.82, 2.24) is 4.90 Å². The Morgan fingerprint density at radius 2 is 2.00 bits per heavy atom. The van der Waals surface area contributed by atoms with Crippen LogP contribution in [0.2, 0.25) is 5.02 Å². The Labute approximate surface area is 122 Å². The number of nitrogens with zero attached hydrogens (tertiary/aromatic N) is 1. The van der Waals surface area contributed by atoms with E-state index in [0.29, 0.717) is 17.3 Å². The van der Waals surface area contributed by atoms with Gasteiger partial charge in [-0.1, -0.05) is 18.5 Å². The summed E-state index contributed by atoms with van der Waals surface area (Å²) in [5.74, 6) is -1.02. The number of halogens is 1. The van der Waals surface area contributed by atoms with E-state index in [-0.39, 0.29) is 25.0 Å². The van der Waals surface area contributed by atoms with Crippen LogP contribution in [0, 0.1) is 11.8 Å². The Kier molecular flexibility index (Phi) is 4.49. The first-order valence-corrected chi connectivity index (χ1v) is 6.74. The van der Waals surface area contributed by atoms with Crippen molar-refractivity contribution in [2.75, 3.05) is 19.7 Å². The first-order chi connectivity index (χ1) is 9.47. The van der Waals surface area contributed by atoms with E-state index in [9.17, 15) is 9.59 Å². The molecule has 1 aromatic carbocycles. The SMILES string of the molecule is C[C@@H]1CN(C(=O)COc2ccc(Cl)cc2)C[C@H]1C(=O)O. The molecule has 2 atom stereocenters. The van der Waals surface area contributed by atoms with Crippen LogP contribution in [0.1, 0.15) is 6.92 Å². The fraction of sp³-hybridized carbons (Fsp3) is 0.429. The second-order valence-corrected chi connectivity index (χ2v) is 5.40. The lowest BCUT2D eigenvalue weighted by atomic mass is 9.99. The summed E-state index contributed by atoms with van der Waals surface area (Å²) in [7, 11) is 0. The summed E-state index contributed by atoms with van der Waals surface area (Å²) in [5.41, 5.74) is 0. The lowest BCUT2D eigenvalue weighted by Crippen LogP contribution is -2.33. The van der Waals surface area contributed by atoms with Crippen molar-refractivity contribution in [3.8, 4) is 5.75 Å². The molecule has 0 aliphatic carbocycles. The number of amides is 1. The fourth-order valence-electron chi connectivity index (χ4n) is 2.26. The number of likely N-dealkylation sites (tertiary alicyclic amines) is 1. The van der Waals surface area contributed by atoms with E-state index >= 15 is 0 Å². The number of carbonyl (C=O) groups excluding carboxylic acids is 1. The van der Waals surface area contributed by atoms with E-state index in [1.165, 1.54) is 0 Å². The zero-order valence-electron chi connectivity index (χ0n) is 11.1. The standard InChI is InChI=1S/C14H16ClNO4/c1-9-6-16(7-12(9)14(18)19)13(17)8-20-11-4-2-10(15)3-5-11/h2-5,9,12H,6-8H2,1H3,(H,18,19)/t9-,12-/m1/s1. The van der Waals surface area contributed by atoms with Crippen molar-refractivity contribution in [1.29, 1.82) is 0 Å². The summed E-state index contributed by atoms with van der Waals surface area (Å²) < 4.78 is 5.37. The number of aliphatic carboxylic acids is 1. The van der Waals surface area contributed by atoms with E-state index in [4.69, 9.17) is 21.4 Å². The molecule has 1 saturated heterocycles. The Balaban J connectivity index is 1.87. The van der Waals surface area contributed by atoms with Crippen molar-refractivity contribution in [2.45, 2.75) is 6.92 Å². The van der Waals surface area contributed by atoms with Crippen LogP contribution in [0.5, 0.6) is 5.75 Å². The van der Waals surface area contributed by atoms with E-state index < -0.39 is 11.9 Å². The normalized spacial score (nSPS) is 21.8. The molecule has 0 spiro atoms. The Morgan fingerprint density at radius 1 is 1.35 bits per heavy atom. The first kappa shape index (κ1) is 14.7. The molecule has 1 N–H and O–H groups in total. The van der Waals surface area contributed by atoms with Crippen molar-refractivity contribution in [3.63, 3.8) is 0 Å². The van der Waals surface area contributed by atoms with Crippen molar-refractivity contribution >= 4 is 23.5 Å². The third-order valence-corrected chi connectivity index (χ3v) is 3.71. The molecule has 6 heteroatoms. The number of ether oxygens (including phenoxy) is 1. The molecule has 1 fully saturated rings. The molecule has 0 radical (unpaired) electrons. The third kappa shape index (κ3) is 3.42.